The van der Waals surface area contributed by atoms with Crippen LogP contribution in [0, 0.1) is 10.1 Å². The van der Waals surface area contributed by atoms with Crippen molar-refractivity contribution in [3.63, 3.8) is 0 Å². The highest BCUT2D eigenvalue weighted by Crippen LogP contribution is 2.24. The van der Waals surface area contributed by atoms with Crippen molar-refractivity contribution in [1.29, 1.82) is 0 Å². The van der Waals surface area contributed by atoms with E-state index in [2.05, 4.69) is 5.32 Å². The molecule has 0 bridgehead atoms. The Hall–Kier alpha value is -3.36. The van der Waals surface area contributed by atoms with E-state index in [-0.39, 0.29) is 12.4 Å². The molecular formula is C15H14N2O7. The minimum absolute atomic E-state index is 0.00473. The first-order valence-electron chi connectivity index (χ1n) is 6.89. The van der Waals surface area contributed by atoms with Gasteiger partial charge >= 0.3 is 17.9 Å². The number of rotatable bonds is 7. The van der Waals surface area contributed by atoms with Gasteiger partial charge in [-0.25, -0.2) is 4.79 Å². The number of nitro groups is 1. The minimum atomic E-state index is -1.21. The summed E-state index contributed by atoms with van der Waals surface area (Å²) in [5, 5.41) is 21.9. The van der Waals surface area contributed by atoms with Crippen LogP contribution in [0.3, 0.4) is 0 Å². The zero-order valence-corrected chi connectivity index (χ0v) is 12.4. The third-order valence-electron chi connectivity index (χ3n) is 3.02. The maximum absolute atomic E-state index is 11.8. The lowest BCUT2D eigenvalue weighted by molar-refractivity contribution is -0.402. The molecule has 0 spiro atoms. The van der Waals surface area contributed by atoms with E-state index in [1.807, 2.05) is 6.07 Å². The van der Waals surface area contributed by atoms with Crippen LogP contribution < -0.4 is 5.32 Å². The molecule has 9 nitrogen and oxygen atoms in total. The number of hydrogen-bond donors (Lipinski definition) is 2. The average Bonchev–Trinajstić information content (AvgIpc) is 3.03. The molecule has 0 aliphatic heterocycles. The summed E-state index contributed by atoms with van der Waals surface area (Å²) in [6.45, 7) is 0.00473. The highest BCUT2D eigenvalue weighted by atomic mass is 16.6. The number of nitrogens with one attached hydrogen (secondary N) is 1. The summed E-state index contributed by atoms with van der Waals surface area (Å²) in [5.74, 6) is -1.79. The largest absolute Gasteiger partial charge is 0.481 e. The van der Waals surface area contributed by atoms with Gasteiger partial charge in [0.05, 0.1) is 12.5 Å². The first-order valence-corrected chi connectivity index (χ1v) is 6.89. The molecule has 0 saturated heterocycles. The van der Waals surface area contributed by atoms with Crippen LogP contribution in [0.5, 0.6) is 0 Å². The molecule has 9 heteroatoms. The molecular weight excluding hydrogens is 320 g/mol. The van der Waals surface area contributed by atoms with E-state index >= 15 is 0 Å². The maximum Gasteiger partial charge on any atom is 0.433 e. The minimum Gasteiger partial charge on any atom is -0.481 e. The summed E-state index contributed by atoms with van der Waals surface area (Å²) in [6, 6.07) is 10.1. The van der Waals surface area contributed by atoms with E-state index in [0.717, 1.165) is 11.6 Å². The van der Waals surface area contributed by atoms with E-state index in [1.165, 1.54) is 6.07 Å². The zero-order chi connectivity index (χ0) is 17.5. The molecule has 2 aromatic rings. The Bertz CT molecular complexity index is 726. The Morgan fingerprint density at radius 3 is 2.54 bits per heavy atom. The highest BCUT2D eigenvalue weighted by Gasteiger charge is 2.24. The Kier molecular flexibility index (Phi) is 5.50. The van der Waals surface area contributed by atoms with Gasteiger partial charge in [-0.3, -0.25) is 14.9 Å². The molecule has 0 aliphatic rings. The van der Waals surface area contributed by atoms with Crippen molar-refractivity contribution in [2.75, 3.05) is 0 Å². The van der Waals surface area contributed by atoms with Crippen LogP contribution >= 0.6 is 0 Å². The van der Waals surface area contributed by atoms with E-state index in [1.54, 1.807) is 24.3 Å². The van der Waals surface area contributed by atoms with Crippen LogP contribution in [0.2, 0.25) is 0 Å². The number of carbonyl (C=O) groups is 2. The molecule has 0 saturated carbocycles. The van der Waals surface area contributed by atoms with Crippen LogP contribution in [0.4, 0.5) is 10.7 Å². The van der Waals surface area contributed by atoms with Crippen LogP contribution in [0.25, 0.3) is 0 Å². The Labute approximate surface area is 136 Å². The van der Waals surface area contributed by atoms with Crippen molar-refractivity contribution in [1.82, 2.24) is 5.32 Å². The summed E-state index contributed by atoms with van der Waals surface area (Å²) in [7, 11) is 0. The van der Waals surface area contributed by atoms with Crippen molar-refractivity contribution in [3.8, 4) is 0 Å². The van der Waals surface area contributed by atoms with E-state index in [0.29, 0.717) is 0 Å². The number of aliphatic carboxylic acids is 1. The lowest BCUT2D eigenvalue weighted by atomic mass is 10.1. The summed E-state index contributed by atoms with van der Waals surface area (Å²) in [5.41, 5.74) is 0.760. The topological polar surface area (TPSA) is 132 Å². The van der Waals surface area contributed by atoms with Crippen LogP contribution in [0.1, 0.15) is 23.8 Å². The summed E-state index contributed by atoms with van der Waals surface area (Å²) in [4.78, 5) is 32.6. The number of hydrogen-bond acceptors (Lipinski definition) is 6. The maximum atomic E-state index is 11.8. The Balaban J connectivity index is 2.00. The second-order valence-electron chi connectivity index (χ2n) is 4.79. The van der Waals surface area contributed by atoms with E-state index in [4.69, 9.17) is 14.3 Å². The van der Waals surface area contributed by atoms with Crippen molar-refractivity contribution in [2.24, 2.45) is 0 Å². The number of benzene rings is 1. The van der Waals surface area contributed by atoms with Crippen molar-refractivity contribution >= 4 is 17.9 Å². The Morgan fingerprint density at radius 1 is 1.25 bits per heavy atom. The number of carbonyl (C=O) groups excluding carboxylic acids is 1. The molecule has 0 unspecified atom stereocenters. The summed E-state index contributed by atoms with van der Waals surface area (Å²) >= 11 is 0. The van der Waals surface area contributed by atoms with Crippen LogP contribution in [-0.2, 0) is 16.1 Å². The summed E-state index contributed by atoms with van der Waals surface area (Å²) < 4.78 is 9.94. The van der Waals surface area contributed by atoms with Gasteiger partial charge in [0.1, 0.15) is 23.3 Å². The SMILES string of the molecule is O=C(O)C[C@H](NC(=O)OCc1ccccc1)c1ccc([N+](=O)[O-])o1. The number of alkyl carbamates (subject to hydrolysis) is 1. The molecule has 24 heavy (non-hydrogen) atoms. The van der Waals surface area contributed by atoms with Crippen molar-refractivity contribution < 1.29 is 28.8 Å². The number of carboxylic acids is 1. The number of amides is 1. The van der Waals surface area contributed by atoms with Crippen LogP contribution in [-0.4, -0.2) is 22.1 Å². The van der Waals surface area contributed by atoms with Crippen molar-refractivity contribution in [3.05, 3.63) is 63.9 Å². The molecule has 2 rings (SSSR count). The van der Waals surface area contributed by atoms with Gasteiger partial charge in [-0.2, -0.15) is 0 Å². The number of nitrogens with zero attached hydrogens (tertiary/aromatic N) is 1. The second-order valence-corrected chi connectivity index (χ2v) is 4.79. The molecule has 0 aliphatic carbocycles. The zero-order valence-electron chi connectivity index (χ0n) is 12.4. The normalized spacial score (nSPS) is 11.5. The van der Waals surface area contributed by atoms with Gasteiger partial charge in [-0.05, 0) is 11.6 Å². The van der Waals surface area contributed by atoms with Gasteiger partial charge in [-0.1, -0.05) is 30.3 Å². The van der Waals surface area contributed by atoms with Gasteiger partial charge in [0.15, 0.2) is 0 Å². The number of carboxylic acid groups (broad SMARTS) is 1. The summed E-state index contributed by atoms with van der Waals surface area (Å²) in [6.07, 6.45) is -1.37. The molecule has 126 valence electrons. The molecule has 1 aromatic carbocycles. The number of ether oxygens (including phenoxy) is 1. The predicted molar refractivity (Wildman–Crippen MR) is 80.1 cm³/mol. The molecule has 0 fully saturated rings. The monoisotopic (exact) mass is 334 g/mol. The standard InChI is InChI=1S/C15H14N2O7/c18-14(19)8-11(12-6-7-13(24-12)17(21)22)16-15(20)23-9-10-4-2-1-3-5-10/h1-7,11H,8-9H2,(H,16,20)(H,18,19)/t11-/m0/s1. The van der Waals surface area contributed by atoms with Gasteiger partial charge in [0.2, 0.25) is 0 Å². The van der Waals surface area contributed by atoms with E-state index in [9.17, 15) is 19.7 Å². The fourth-order valence-corrected chi connectivity index (χ4v) is 1.93. The fourth-order valence-electron chi connectivity index (χ4n) is 1.93. The third kappa shape index (κ3) is 4.83. The van der Waals surface area contributed by atoms with Gasteiger partial charge in [-0.15, -0.1) is 0 Å². The molecule has 1 heterocycles. The van der Waals surface area contributed by atoms with Gasteiger partial charge in [0, 0.05) is 0 Å². The molecule has 0 radical (unpaired) electrons. The van der Waals surface area contributed by atoms with Gasteiger partial charge < -0.3 is 19.6 Å². The first-order chi connectivity index (χ1) is 11.5. The van der Waals surface area contributed by atoms with Gasteiger partial charge in [0.25, 0.3) is 0 Å². The second kappa shape index (κ2) is 7.77. The lowest BCUT2D eigenvalue weighted by Gasteiger charge is -2.14. The van der Waals surface area contributed by atoms with Crippen LogP contribution in [0.15, 0.2) is 46.9 Å². The quantitative estimate of drug-likeness (QED) is 0.587. The smallest absolute Gasteiger partial charge is 0.433 e. The third-order valence-corrected chi connectivity index (χ3v) is 3.02. The number of furan rings is 1. The fraction of sp³-hybridized carbons (Fsp3) is 0.200. The lowest BCUT2D eigenvalue weighted by Crippen LogP contribution is -2.30. The Morgan fingerprint density at radius 2 is 1.96 bits per heavy atom. The predicted octanol–water partition coefficient (Wildman–Crippen LogP) is 2.63. The molecule has 1 atom stereocenters. The average molecular weight is 334 g/mol. The van der Waals surface area contributed by atoms with E-state index < -0.39 is 35.3 Å². The van der Waals surface area contributed by atoms with Crippen molar-refractivity contribution in [2.45, 2.75) is 19.1 Å². The molecule has 2 N–H and O–H groups in total. The first kappa shape index (κ1) is 17.0. The molecule has 1 amide bonds. The highest BCUT2D eigenvalue weighted by molar-refractivity contribution is 5.71. The molecule has 1 aromatic heterocycles.